The zero-order chi connectivity index (χ0) is 12.5. The Morgan fingerprint density at radius 2 is 2.00 bits per heavy atom. The molecule has 1 amide bonds. The highest BCUT2D eigenvalue weighted by atomic mass is 16.2. The van der Waals surface area contributed by atoms with Gasteiger partial charge in [-0.15, -0.1) is 0 Å². The summed E-state index contributed by atoms with van der Waals surface area (Å²) in [5.41, 5.74) is 4.17. The molecule has 17 heavy (non-hydrogen) atoms. The van der Waals surface area contributed by atoms with Crippen molar-refractivity contribution in [3.8, 4) is 0 Å². The molecule has 0 saturated heterocycles. The first-order valence-corrected chi connectivity index (χ1v) is 5.42. The monoisotopic (exact) mass is 228 g/mol. The van der Waals surface area contributed by atoms with Gasteiger partial charge in [-0.25, -0.2) is 5.43 Å². The number of nitrogens with zero attached hydrogens (tertiary/aromatic N) is 1. The van der Waals surface area contributed by atoms with E-state index in [9.17, 15) is 4.79 Å². The lowest BCUT2D eigenvalue weighted by molar-refractivity contribution is -0.117. The molecule has 3 nitrogen and oxygen atoms in total. The van der Waals surface area contributed by atoms with Crippen LogP contribution >= 0.6 is 0 Å². The topological polar surface area (TPSA) is 41.5 Å². The molecule has 3 heteroatoms. The Hall–Kier alpha value is -2.16. The molecule has 0 aliphatic rings. The summed E-state index contributed by atoms with van der Waals surface area (Å²) < 4.78 is 0. The first kappa shape index (κ1) is 12.9. The molecule has 0 aliphatic heterocycles. The second-order valence-electron chi connectivity index (χ2n) is 3.46. The summed E-state index contributed by atoms with van der Waals surface area (Å²) >= 11 is 0. The molecule has 88 valence electrons. The van der Waals surface area contributed by atoms with Gasteiger partial charge in [-0.05, 0) is 25.5 Å². The molecule has 0 heterocycles. The molecule has 0 aliphatic carbocycles. The van der Waals surface area contributed by atoms with Gasteiger partial charge < -0.3 is 0 Å². The van der Waals surface area contributed by atoms with Crippen LogP contribution in [-0.2, 0) is 4.79 Å². The van der Waals surface area contributed by atoms with Crippen LogP contribution < -0.4 is 5.43 Å². The van der Waals surface area contributed by atoms with E-state index in [1.54, 1.807) is 25.3 Å². The number of hydrogen-bond acceptors (Lipinski definition) is 2. The minimum Gasteiger partial charge on any atom is -0.268 e. The van der Waals surface area contributed by atoms with Crippen LogP contribution in [-0.4, -0.2) is 12.1 Å². The van der Waals surface area contributed by atoms with Crippen LogP contribution in [0.25, 0.3) is 6.08 Å². The molecule has 0 atom stereocenters. The maximum Gasteiger partial charge on any atom is 0.266 e. The number of hydrazone groups is 1. The number of carbonyl (C=O) groups is 1. The molecule has 0 spiro atoms. The maximum absolute atomic E-state index is 11.3. The van der Waals surface area contributed by atoms with Gasteiger partial charge in [0.1, 0.15) is 0 Å². The first-order chi connectivity index (χ1) is 8.24. The molecule has 0 bridgehead atoms. The van der Waals surface area contributed by atoms with Crippen LogP contribution in [0.4, 0.5) is 0 Å². The highest BCUT2D eigenvalue weighted by Crippen LogP contribution is 1.99. The third-order valence-corrected chi connectivity index (χ3v) is 2.21. The standard InChI is InChI=1S/C14H16N2O/c1-3-12(2)14(17)16-15-11-7-10-13-8-5-4-6-9-13/h3-11H,1-2H3,(H,16,17). The molecule has 0 saturated carbocycles. The van der Waals surface area contributed by atoms with Gasteiger partial charge in [0, 0.05) is 11.8 Å². The molecule has 1 aromatic rings. The summed E-state index contributed by atoms with van der Waals surface area (Å²) in [4.78, 5) is 11.3. The fourth-order valence-corrected chi connectivity index (χ4v) is 1.08. The number of benzene rings is 1. The predicted octanol–water partition coefficient (Wildman–Crippen LogP) is 2.77. The summed E-state index contributed by atoms with van der Waals surface area (Å²) in [5, 5.41) is 3.80. The second kappa shape index (κ2) is 7.17. The third kappa shape index (κ3) is 4.93. The van der Waals surface area contributed by atoms with Gasteiger partial charge in [0.25, 0.3) is 5.91 Å². The molecular formula is C14H16N2O. The van der Waals surface area contributed by atoms with Crippen molar-refractivity contribution in [2.45, 2.75) is 13.8 Å². The lowest BCUT2D eigenvalue weighted by atomic mass is 10.2. The number of rotatable bonds is 4. The van der Waals surface area contributed by atoms with E-state index in [4.69, 9.17) is 0 Å². The average Bonchev–Trinajstić information content (AvgIpc) is 2.38. The van der Waals surface area contributed by atoms with Gasteiger partial charge >= 0.3 is 0 Å². The third-order valence-electron chi connectivity index (χ3n) is 2.21. The average molecular weight is 228 g/mol. The smallest absolute Gasteiger partial charge is 0.266 e. The Kier molecular flexibility index (Phi) is 5.44. The van der Waals surface area contributed by atoms with Crippen molar-refractivity contribution in [1.29, 1.82) is 0 Å². The van der Waals surface area contributed by atoms with Gasteiger partial charge in [0.05, 0.1) is 0 Å². The number of allylic oxidation sites excluding steroid dienone is 2. The molecular weight excluding hydrogens is 212 g/mol. The fraction of sp³-hybridized carbons (Fsp3) is 0.143. The molecule has 0 radical (unpaired) electrons. The van der Waals surface area contributed by atoms with Crippen LogP contribution in [0, 0.1) is 0 Å². The van der Waals surface area contributed by atoms with E-state index in [0.717, 1.165) is 5.56 Å². The van der Waals surface area contributed by atoms with Crippen molar-refractivity contribution >= 4 is 18.2 Å². The highest BCUT2D eigenvalue weighted by Gasteiger charge is 1.98. The summed E-state index contributed by atoms with van der Waals surface area (Å²) in [6.45, 7) is 3.55. The van der Waals surface area contributed by atoms with Gasteiger partial charge in [-0.2, -0.15) is 5.10 Å². The van der Waals surface area contributed by atoms with Crippen molar-refractivity contribution in [3.05, 3.63) is 53.6 Å². The predicted molar refractivity (Wildman–Crippen MR) is 71.5 cm³/mol. The Bertz CT molecular complexity index is 445. The summed E-state index contributed by atoms with van der Waals surface area (Å²) in [6.07, 6.45) is 6.98. The zero-order valence-electron chi connectivity index (χ0n) is 10.1. The largest absolute Gasteiger partial charge is 0.268 e. The minimum atomic E-state index is -0.183. The minimum absolute atomic E-state index is 0.183. The summed E-state index contributed by atoms with van der Waals surface area (Å²) in [5.74, 6) is -0.183. The van der Waals surface area contributed by atoms with Gasteiger partial charge in [-0.3, -0.25) is 4.79 Å². The number of nitrogens with one attached hydrogen (secondary N) is 1. The lowest BCUT2D eigenvalue weighted by Crippen LogP contribution is -2.17. The quantitative estimate of drug-likeness (QED) is 0.480. The molecule has 0 fully saturated rings. The Balaban J connectivity index is 2.41. The molecule has 1 N–H and O–H groups in total. The van der Waals surface area contributed by atoms with E-state index in [1.807, 2.05) is 43.3 Å². The summed E-state index contributed by atoms with van der Waals surface area (Å²) in [7, 11) is 0. The van der Waals surface area contributed by atoms with Crippen molar-refractivity contribution in [2.24, 2.45) is 5.10 Å². The molecule has 0 unspecified atom stereocenters. The lowest BCUT2D eigenvalue weighted by Gasteiger charge is -1.96. The number of hydrogen-bond donors (Lipinski definition) is 1. The Morgan fingerprint density at radius 1 is 1.29 bits per heavy atom. The van der Waals surface area contributed by atoms with E-state index in [-0.39, 0.29) is 5.91 Å². The van der Waals surface area contributed by atoms with Gasteiger partial charge in [0.2, 0.25) is 0 Å². The Morgan fingerprint density at radius 3 is 2.65 bits per heavy atom. The second-order valence-corrected chi connectivity index (χ2v) is 3.46. The normalized spacial score (nSPS) is 12.2. The van der Waals surface area contributed by atoms with Crippen LogP contribution in [0.3, 0.4) is 0 Å². The van der Waals surface area contributed by atoms with Crippen molar-refractivity contribution in [2.75, 3.05) is 0 Å². The van der Waals surface area contributed by atoms with Crippen LogP contribution in [0.2, 0.25) is 0 Å². The van der Waals surface area contributed by atoms with Crippen LogP contribution in [0.1, 0.15) is 19.4 Å². The van der Waals surface area contributed by atoms with E-state index in [0.29, 0.717) is 5.57 Å². The molecule has 1 rings (SSSR count). The van der Waals surface area contributed by atoms with E-state index in [1.165, 1.54) is 0 Å². The van der Waals surface area contributed by atoms with Gasteiger partial charge in [0.15, 0.2) is 0 Å². The maximum atomic E-state index is 11.3. The van der Waals surface area contributed by atoms with E-state index < -0.39 is 0 Å². The molecule has 1 aromatic carbocycles. The van der Waals surface area contributed by atoms with Crippen molar-refractivity contribution < 1.29 is 4.79 Å². The van der Waals surface area contributed by atoms with Crippen LogP contribution in [0.15, 0.2) is 53.2 Å². The van der Waals surface area contributed by atoms with Crippen molar-refractivity contribution in [3.63, 3.8) is 0 Å². The number of amides is 1. The van der Waals surface area contributed by atoms with Crippen molar-refractivity contribution in [1.82, 2.24) is 5.43 Å². The van der Waals surface area contributed by atoms with E-state index >= 15 is 0 Å². The Labute approximate surface area is 102 Å². The highest BCUT2D eigenvalue weighted by molar-refractivity contribution is 5.93. The van der Waals surface area contributed by atoms with Gasteiger partial charge in [-0.1, -0.05) is 42.5 Å². The summed E-state index contributed by atoms with van der Waals surface area (Å²) in [6, 6.07) is 9.88. The SMILES string of the molecule is CC=C(C)C(=O)NN=CC=Cc1ccccc1. The zero-order valence-corrected chi connectivity index (χ0v) is 10.1. The molecule has 0 aromatic heterocycles. The first-order valence-electron chi connectivity index (χ1n) is 5.42. The van der Waals surface area contributed by atoms with Crippen LogP contribution in [0.5, 0.6) is 0 Å². The fourth-order valence-electron chi connectivity index (χ4n) is 1.08. The number of carbonyl (C=O) groups excluding carboxylic acids is 1. The van der Waals surface area contributed by atoms with E-state index in [2.05, 4.69) is 10.5 Å².